The van der Waals surface area contributed by atoms with Gasteiger partial charge >= 0.3 is 6.18 Å². The van der Waals surface area contributed by atoms with Crippen LogP contribution < -0.4 is 11.1 Å². The number of aromatic nitrogens is 1. The summed E-state index contributed by atoms with van der Waals surface area (Å²) >= 11 is 0. The fourth-order valence-electron chi connectivity index (χ4n) is 1.99. The van der Waals surface area contributed by atoms with E-state index in [2.05, 4.69) is 10.3 Å². The Balaban J connectivity index is 2.74. The van der Waals surface area contributed by atoms with Gasteiger partial charge in [-0.1, -0.05) is 13.3 Å². The normalized spacial score (nSPS) is 13.2. The first-order valence-electron chi connectivity index (χ1n) is 6.56. The number of pyridine rings is 1. The van der Waals surface area contributed by atoms with Gasteiger partial charge in [0.2, 0.25) is 0 Å². The average Bonchev–Trinajstić information content (AvgIpc) is 2.35. The van der Waals surface area contributed by atoms with Crippen molar-refractivity contribution in [2.75, 3.05) is 24.2 Å². The predicted molar refractivity (Wildman–Crippen MR) is 72.2 cm³/mol. The van der Waals surface area contributed by atoms with E-state index >= 15 is 0 Å². The van der Waals surface area contributed by atoms with Gasteiger partial charge in [-0.2, -0.15) is 13.2 Å². The molecule has 0 aliphatic carbocycles. The number of nitrogens with two attached hydrogens (primary N) is 1. The van der Waals surface area contributed by atoms with Crippen LogP contribution in [0.3, 0.4) is 0 Å². The smallest absolute Gasteiger partial charge is 0.396 e. The SMILES string of the molecule is CCCC(CCO)CNc1cc(C(F)(F)F)cc(N)n1. The maximum absolute atomic E-state index is 12.6. The van der Waals surface area contributed by atoms with Gasteiger partial charge in [0.1, 0.15) is 11.6 Å². The molecule has 0 amide bonds. The summed E-state index contributed by atoms with van der Waals surface area (Å²) in [6, 6.07) is 1.75. The second kappa shape index (κ2) is 7.33. The predicted octanol–water partition coefficient (Wildman–Crippen LogP) is 2.89. The molecule has 0 spiro atoms. The topological polar surface area (TPSA) is 71.2 Å². The molecule has 7 heteroatoms. The number of nitrogen functional groups attached to an aromatic ring is 1. The molecule has 1 heterocycles. The van der Waals surface area contributed by atoms with Crippen molar-refractivity contribution in [3.05, 3.63) is 17.7 Å². The van der Waals surface area contributed by atoms with Crippen LogP contribution in [-0.4, -0.2) is 23.2 Å². The number of nitrogens with zero attached hydrogens (tertiary/aromatic N) is 1. The molecule has 1 rings (SSSR count). The lowest BCUT2D eigenvalue weighted by Crippen LogP contribution is -2.17. The molecular weight excluding hydrogens is 271 g/mol. The molecule has 1 atom stereocenters. The van der Waals surface area contributed by atoms with Gasteiger partial charge in [0.05, 0.1) is 5.56 Å². The van der Waals surface area contributed by atoms with E-state index in [-0.39, 0.29) is 24.2 Å². The van der Waals surface area contributed by atoms with Crippen LogP contribution in [0.1, 0.15) is 31.7 Å². The third-order valence-corrected chi connectivity index (χ3v) is 2.98. The van der Waals surface area contributed by atoms with Crippen LogP contribution in [0.5, 0.6) is 0 Å². The zero-order valence-corrected chi connectivity index (χ0v) is 11.4. The molecule has 4 N–H and O–H groups in total. The highest BCUT2D eigenvalue weighted by atomic mass is 19.4. The monoisotopic (exact) mass is 291 g/mol. The Kier molecular flexibility index (Phi) is 6.06. The van der Waals surface area contributed by atoms with Crippen molar-refractivity contribution in [3.8, 4) is 0 Å². The number of aliphatic hydroxyl groups excluding tert-OH is 1. The van der Waals surface area contributed by atoms with Crippen molar-refractivity contribution < 1.29 is 18.3 Å². The third-order valence-electron chi connectivity index (χ3n) is 2.98. The summed E-state index contributed by atoms with van der Waals surface area (Å²) < 4.78 is 37.9. The maximum atomic E-state index is 12.6. The lowest BCUT2D eigenvalue weighted by molar-refractivity contribution is -0.137. The number of hydrogen-bond donors (Lipinski definition) is 3. The molecule has 0 fully saturated rings. The van der Waals surface area contributed by atoms with Crippen LogP contribution >= 0.6 is 0 Å². The molecular formula is C13H20F3N3O. The number of halogens is 3. The standard InChI is InChI=1S/C13H20F3N3O/c1-2-3-9(4-5-20)8-18-12-7-10(13(14,15)16)6-11(17)19-12/h6-7,9,20H,2-5,8H2,1H3,(H3,17,18,19). The molecule has 0 aromatic carbocycles. The Morgan fingerprint density at radius 2 is 2.05 bits per heavy atom. The highest BCUT2D eigenvalue weighted by molar-refractivity contribution is 5.47. The minimum atomic E-state index is -4.44. The van der Waals surface area contributed by atoms with E-state index in [1.807, 2.05) is 6.92 Å². The molecule has 0 bridgehead atoms. The lowest BCUT2D eigenvalue weighted by Gasteiger charge is -2.17. The summed E-state index contributed by atoms with van der Waals surface area (Å²) in [7, 11) is 0. The lowest BCUT2D eigenvalue weighted by atomic mass is 10.0. The van der Waals surface area contributed by atoms with Crippen LogP contribution in [0.25, 0.3) is 0 Å². The van der Waals surface area contributed by atoms with Gasteiger partial charge in [-0.25, -0.2) is 4.98 Å². The first-order valence-corrected chi connectivity index (χ1v) is 6.56. The highest BCUT2D eigenvalue weighted by Crippen LogP contribution is 2.31. The summed E-state index contributed by atoms with van der Waals surface area (Å²) in [5.74, 6) is 0.135. The average molecular weight is 291 g/mol. The third kappa shape index (κ3) is 5.24. The summed E-state index contributed by atoms with van der Waals surface area (Å²) in [4.78, 5) is 3.84. The number of rotatable bonds is 7. The van der Waals surface area contributed by atoms with Gasteiger partial charge in [-0.3, -0.25) is 0 Å². The minimum absolute atomic E-state index is 0.0600. The Hall–Kier alpha value is -1.50. The van der Waals surface area contributed by atoms with Crippen molar-refractivity contribution in [1.82, 2.24) is 4.98 Å². The van der Waals surface area contributed by atoms with Crippen molar-refractivity contribution in [3.63, 3.8) is 0 Å². The van der Waals surface area contributed by atoms with E-state index in [9.17, 15) is 13.2 Å². The van der Waals surface area contributed by atoms with Crippen molar-refractivity contribution >= 4 is 11.6 Å². The highest BCUT2D eigenvalue weighted by Gasteiger charge is 2.31. The molecule has 0 saturated carbocycles. The second-order valence-corrected chi connectivity index (χ2v) is 4.71. The first kappa shape index (κ1) is 16.6. The van der Waals surface area contributed by atoms with Gasteiger partial charge in [-0.15, -0.1) is 0 Å². The number of aliphatic hydroxyl groups is 1. The summed E-state index contributed by atoms with van der Waals surface area (Å²) in [6.45, 7) is 2.54. The quantitative estimate of drug-likeness (QED) is 0.722. The fourth-order valence-corrected chi connectivity index (χ4v) is 1.99. The Labute approximate surface area is 116 Å². The minimum Gasteiger partial charge on any atom is -0.396 e. The fraction of sp³-hybridized carbons (Fsp3) is 0.615. The van der Waals surface area contributed by atoms with Gasteiger partial charge in [0, 0.05) is 13.2 Å². The molecule has 1 unspecified atom stereocenters. The van der Waals surface area contributed by atoms with Gasteiger partial charge < -0.3 is 16.2 Å². The number of alkyl halides is 3. The van der Waals surface area contributed by atoms with Crippen LogP contribution in [-0.2, 0) is 6.18 Å². The molecule has 0 saturated heterocycles. The van der Waals surface area contributed by atoms with Crippen LogP contribution in [0.15, 0.2) is 12.1 Å². The summed E-state index contributed by atoms with van der Waals surface area (Å²) in [6.07, 6.45) is -2.00. The van der Waals surface area contributed by atoms with Gasteiger partial charge in [0.15, 0.2) is 0 Å². The Bertz CT molecular complexity index is 418. The largest absolute Gasteiger partial charge is 0.416 e. The van der Waals surface area contributed by atoms with Crippen LogP contribution in [0.2, 0.25) is 0 Å². The zero-order valence-electron chi connectivity index (χ0n) is 11.4. The molecule has 4 nitrogen and oxygen atoms in total. The number of anilines is 2. The van der Waals surface area contributed by atoms with E-state index in [4.69, 9.17) is 10.8 Å². The molecule has 1 aromatic heterocycles. The van der Waals surface area contributed by atoms with E-state index in [0.717, 1.165) is 25.0 Å². The van der Waals surface area contributed by atoms with Gasteiger partial charge in [-0.05, 0) is 30.9 Å². The number of nitrogens with one attached hydrogen (secondary N) is 1. The maximum Gasteiger partial charge on any atom is 0.416 e. The molecule has 0 aliphatic rings. The summed E-state index contributed by atoms with van der Waals surface area (Å²) in [5.41, 5.74) is 4.57. The van der Waals surface area contributed by atoms with E-state index in [1.165, 1.54) is 0 Å². The first-order chi connectivity index (χ1) is 9.36. The zero-order chi connectivity index (χ0) is 15.2. The molecule has 0 radical (unpaired) electrons. The van der Waals surface area contributed by atoms with E-state index < -0.39 is 11.7 Å². The van der Waals surface area contributed by atoms with Crippen molar-refractivity contribution in [1.29, 1.82) is 0 Å². The van der Waals surface area contributed by atoms with E-state index in [1.54, 1.807) is 0 Å². The molecule has 114 valence electrons. The number of hydrogen-bond acceptors (Lipinski definition) is 4. The molecule has 0 aliphatic heterocycles. The molecule has 1 aromatic rings. The van der Waals surface area contributed by atoms with E-state index in [0.29, 0.717) is 13.0 Å². The van der Waals surface area contributed by atoms with Crippen molar-refractivity contribution in [2.24, 2.45) is 5.92 Å². The Morgan fingerprint density at radius 1 is 1.35 bits per heavy atom. The van der Waals surface area contributed by atoms with Crippen molar-refractivity contribution in [2.45, 2.75) is 32.4 Å². The Morgan fingerprint density at radius 3 is 2.60 bits per heavy atom. The second-order valence-electron chi connectivity index (χ2n) is 4.71. The van der Waals surface area contributed by atoms with Crippen LogP contribution in [0, 0.1) is 5.92 Å². The van der Waals surface area contributed by atoms with Crippen LogP contribution in [0.4, 0.5) is 24.8 Å². The molecule has 20 heavy (non-hydrogen) atoms. The van der Waals surface area contributed by atoms with Gasteiger partial charge in [0.25, 0.3) is 0 Å². The summed E-state index contributed by atoms with van der Waals surface area (Å²) in [5, 5.41) is 11.8.